The summed E-state index contributed by atoms with van der Waals surface area (Å²) in [7, 11) is 0. The van der Waals surface area contributed by atoms with Gasteiger partial charge in [0.1, 0.15) is 0 Å². The van der Waals surface area contributed by atoms with Crippen molar-refractivity contribution < 1.29 is 14.7 Å². The van der Waals surface area contributed by atoms with Gasteiger partial charge in [0.05, 0.1) is 11.3 Å². The first-order chi connectivity index (χ1) is 9.63. The van der Waals surface area contributed by atoms with E-state index in [-0.39, 0.29) is 18.4 Å². The second-order valence-corrected chi connectivity index (χ2v) is 5.00. The Morgan fingerprint density at radius 3 is 2.90 bits per heavy atom. The standard InChI is InChI=1S/C15H20N2O3/c1-11-5-6-13(17-8-2-4-14(17)19)12(10-11)15(20)16-7-3-9-18/h5-6,10,18H,2-4,7-9H2,1H3,(H,16,20). The summed E-state index contributed by atoms with van der Waals surface area (Å²) in [6.45, 7) is 3.06. The molecule has 1 aliphatic heterocycles. The molecular weight excluding hydrogens is 256 g/mol. The summed E-state index contributed by atoms with van der Waals surface area (Å²) in [5, 5.41) is 11.5. The fraction of sp³-hybridized carbons (Fsp3) is 0.467. The Morgan fingerprint density at radius 1 is 1.45 bits per heavy atom. The lowest BCUT2D eigenvalue weighted by Gasteiger charge is -2.20. The fourth-order valence-corrected chi connectivity index (χ4v) is 2.35. The molecule has 1 aromatic rings. The van der Waals surface area contributed by atoms with Gasteiger partial charge in [-0.05, 0) is 31.9 Å². The van der Waals surface area contributed by atoms with Gasteiger partial charge in [-0.3, -0.25) is 9.59 Å². The predicted molar refractivity (Wildman–Crippen MR) is 76.8 cm³/mol. The smallest absolute Gasteiger partial charge is 0.253 e. The van der Waals surface area contributed by atoms with Crippen molar-refractivity contribution >= 4 is 17.5 Å². The van der Waals surface area contributed by atoms with Crippen LogP contribution in [0.2, 0.25) is 0 Å². The topological polar surface area (TPSA) is 69.6 Å². The minimum atomic E-state index is -0.197. The quantitative estimate of drug-likeness (QED) is 0.795. The number of nitrogens with zero attached hydrogens (tertiary/aromatic N) is 1. The van der Waals surface area contributed by atoms with Gasteiger partial charge in [-0.15, -0.1) is 0 Å². The number of aliphatic hydroxyl groups is 1. The van der Waals surface area contributed by atoms with Gasteiger partial charge in [0.15, 0.2) is 0 Å². The third-order valence-corrected chi connectivity index (χ3v) is 3.38. The normalized spacial score (nSPS) is 14.7. The summed E-state index contributed by atoms with van der Waals surface area (Å²) in [6, 6.07) is 5.54. The Bertz CT molecular complexity index is 514. The van der Waals surface area contributed by atoms with E-state index in [1.807, 2.05) is 19.1 Å². The monoisotopic (exact) mass is 276 g/mol. The van der Waals surface area contributed by atoms with Crippen LogP contribution >= 0.6 is 0 Å². The van der Waals surface area contributed by atoms with Gasteiger partial charge in [0.2, 0.25) is 5.91 Å². The van der Waals surface area contributed by atoms with Crippen LogP contribution in [-0.4, -0.2) is 36.6 Å². The molecule has 20 heavy (non-hydrogen) atoms. The number of hydrogen-bond acceptors (Lipinski definition) is 3. The van der Waals surface area contributed by atoms with Gasteiger partial charge in [-0.25, -0.2) is 0 Å². The van der Waals surface area contributed by atoms with E-state index in [1.54, 1.807) is 11.0 Å². The summed E-state index contributed by atoms with van der Waals surface area (Å²) in [4.78, 5) is 25.8. The molecular formula is C15H20N2O3. The Balaban J connectivity index is 2.23. The Hall–Kier alpha value is -1.88. The molecule has 1 fully saturated rings. The predicted octanol–water partition coefficient (Wildman–Crippen LogP) is 1.23. The number of anilines is 1. The van der Waals surface area contributed by atoms with E-state index in [0.717, 1.165) is 12.0 Å². The maximum atomic E-state index is 12.2. The second-order valence-electron chi connectivity index (χ2n) is 5.00. The van der Waals surface area contributed by atoms with Crippen LogP contribution in [0.15, 0.2) is 18.2 Å². The Kier molecular flexibility index (Phi) is 4.74. The lowest BCUT2D eigenvalue weighted by molar-refractivity contribution is -0.117. The second kappa shape index (κ2) is 6.52. The van der Waals surface area contributed by atoms with Crippen molar-refractivity contribution in [2.45, 2.75) is 26.2 Å². The number of amides is 2. The first-order valence-corrected chi connectivity index (χ1v) is 6.93. The molecule has 1 heterocycles. The summed E-state index contributed by atoms with van der Waals surface area (Å²) < 4.78 is 0. The van der Waals surface area contributed by atoms with Crippen molar-refractivity contribution in [1.29, 1.82) is 0 Å². The summed E-state index contributed by atoms with van der Waals surface area (Å²) in [5.41, 5.74) is 2.19. The zero-order valence-electron chi connectivity index (χ0n) is 11.7. The van der Waals surface area contributed by atoms with Gasteiger partial charge in [-0.1, -0.05) is 11.6 Å². The average Bonchev–Trinajstić information content (AvgIpc) is 2.85. The number of nitrogens with one attached hydrogen (secondary N) is 1. The lowest BCUT2D eigenvalue weighted by atomic mass is 10.1. The molecule has 0 atom stereocenters. The van der Waals surface area contributed by atoms with Crippen molar-refractivity contribution in [2.75, 3.05) is 24.6 Å². The maximum Gasteiger partial charge on any atom is 0.253 e. The van der Waals surface area contributed by atoms with Crippen LogP contribution in [-0.2, 0) is 4.79 Å². The minimum Gasteiger partial charge on any atom is -0.396 e. The van der Waals surface area contributed by atoms with Gasteiger partial charge < -0.3 is 15.3 Å². The van der Waals surface area contributed by atoms with Gasteiger partial charge in [-0.2, -0.15) is 0 Å². The number of carbonyl (C=O) groups excluding carboxylic acids is 2. The third-order valence-electron chi connectivity index (χ3n) is 3.38. The summed E-state index contributed by atoms with van der Waals surface area (Å²) >= 11 is 0. The van der Waals surface area contributed by atoms with Crippen LogP contribution in [0, 0.1) is 6.92 Å². The molecule has 0 aliphatic carbocycles. The van der Waals surface area contributed by atoms with E-state index < -0.39 is 0 Å². The highest BCUT2D eigenvalue weighted by Crippen LogP contribution is 2.26. The summed E-state index contributed by atoms with van der Waals surface area (Å²) in [5.74, 6) is -0.130. The molecule has 1 aliphatic rings. The SMILES string of the molecule is Cc1ccc(N2CCCC2=O)c(C(=O)NCCCO)c1. The minimum absolute atomic E-state index is 0.0472. The van der Waals surface area contributed by atoms with Crippen molar-refractivity contribution in [1.82, 2.24) is 5.32 Å². The lowest BCUT2D eigenvalue weighted by Crippen LogP contribution is -2.30. The number of aliphatic hydroxyl groups excluding tert-OH is 1. The molecule has 2 rings (SSSR count). The number of hydrogen-bond donors (Lipinski definition) is 2. The zero-order chi connectivity index (χ0) is 14.5. The van der Waals surface area contributed by atoms with E-state index in [4.69, 9.17) is 5.11 Å². The first-order valence-electron chi connectivity index (χ1n) is 6.93. The molecule has 0 bridgehead atoms. The molecule has 5 heteroatoms. The van der Waals surface area contributed by atoms with E-state index in [0.29, 0.717) is 37.2 Å². The van der Waals surface area contributed by atoms with Crippen LogP contribution < -0.4 is 10.2 Å². The van der Waals surface area contributed by atoms with Gasteiger partial charge in [0.25, 0.3) is 5.91 Å². The van der Waals surface area contributed by atoms with Gasteiger partial charge >= 0.3 is 0 Å². The van der Waals surface area contributed by atoms with Crippen molar-refractivity contribution in [3.8, 4) is 0 Å². The first kappa shape index (κ1) is 14.5. The largest absolute Gasteiger partial charge is 0.396 e. The maximum absolute atomic E-state index is 12.2. The molecule has 1 aromatic carbocycles. The van der Waals surface area contributed by atoms with Crippen LogP contribution in [0.25, 0.3) is 0 Å². The zero-order valence-corrected chi connectivity index (χ0v) is 11.7. The number of carbonyl (C=O) groups is 2. The van der Waals surface area contributed by atoms with Crippen molar-refractivity contribution in [3.63, 3.8) is 0 Å². The fourth-order valence-electron chi connectivity index (χ4n) is 2.35. The van der Waals surface area contributed by atoms with E-state index >= 15 is 0 Å². The molecule has 0 radical (unpaired) electrons. The van der Waals surface area contributed by atoms with Gasteiger partial charge in [0, 0.05) is 26.1 Å². The number of rotatable bonds is 5. The van der Waals surface area contributed by atoms with Crippen molar-refractivity contribution in [3.05, 3.63) is 29.3 Å². The van der Waals surface area contributed by atoms with Crippen LogP contribution in [0.5, 0.6) is 0 Å². The van der Waals surface area contributed by atoms with E-state index in [2.05, 4.69) is 5.32 Å². The highest BCUT2D eigenvalue weighted by atomic mass is 16.3. The highest BCUT2D eigenvalue weighted by molar-refractivity contribution is 6.05. The van der Waals surface area contributed by atoms with Crippen molar-refractivity contribution in [2.24, 2.45) is 0 Å². The Morgan fingerprint density at radius 2 is 2.25 bits per heavy atom. The van der Waals surface area contributed by atoms with Crippen LogP contribution in [0.4, 0.5) is 5.69 Å². The van der Waals surface area contributed by atoms with Crippen LogP contribution in [0.1, 0.15) is 35.2 Å². The Labute approximate surface area is 118 Å². The average molecular weight is 276 g/mol. The molecule has 108 valence electrons. The highest BCUT2D eigenvalue weighted by Gasteiger charge is 2.25. The molecule has 1 saturated heterocycles. The van der Waals surface area contributed by atoms with Crippen LogP contribution in [0.3, 0.4) is 0 Å². The third kappa shape index (κ3) is 3.17. The van der Waals surface area contributed by atoms with E-state index in [1.165, 1.54) is 0 Å². The molecule has 0 spiro atoms. The number of benzene rings is 1. The molecule has 0 aromatic heterocycles. The van der Waals surface area contributed by atoms with E-state index in [9.17, 15) is 9.59 Å². The molecule has 0 saturated carbocycles. The number of aryl methyl sites for hydroxylation is 1. The molecule has 0 unspecified atom stereocenters. The molecule has 2 N–H and O–H groups in total. The summed E-state index contributed by atoms with van der Waals surface area (Å²) in [6.07, 6.45) is 1.90. The molecule has 2 amide bonds. The molecule has 5 nitrogen and oxygen atoms in total.